The van der Waals surface area contributed by atoms with Crippen LogP contribution < -0.4 is 0 Å². The molecule has 0 aliphatic carbocycles. The lowest BCUT2D eigenvalue weighted by molar-refractivity contribution is 0.0687. The first-order valence-corrected chi connectivity index (χ1v) is 4.00. The van der Waals surface area contributed by atoms with Gasteiger partial charge in [0.2, 0.25) is 0 Å². The number of aromatic hydroxyl groups is 1. The summed E-state index contributed by atoms with van der Waals surface area (Å²) in [6.45, 7) is 0. The lowest BCUT2D eigenvalue weighted by Gasteiger charge is -2.01. The summed E-state index contributed by atoms with van der Waals surface area (Å²) in [5, 5.41) is 18.8. The van der Waals surface area contributed by atoms with E-state index in [1.54, 1.807) is 24.3 Å². The zero-order chi connectivity index (χ0) is 10.1. The van der Waals surface area contributed by atoms with Crippen LogP contribution in [0.15, 0.2) is 30.3 Å². The molecule has 0 radical (unpaired) electrons. The van der Waals surface area contributed by atoms with Gasteiger partial charge < -0.3 is 10.2 Å². The van der Waals surface area contributed by atoms with Crippen LogP contribution in [-0.4, -0.2) is 21.2 Å². The van der Waals surface area contributed by atoms with Gasteiger partial charge >= 0.3 is 5.97 Å². The van der Waals surface area contributed by atoms with Gasteiger partial charge in [-0.3, -0.25) is 0 Å². The second kappa shape index (κ2) is 2.99. The summed E-state index contributed by atoms with van der Waals surface area (Å²) in [6, 6.07) is 8.41. The fraction of sp³-hybridized carbons (Fsp3) is 0. The molecule has 0 saturated heterocycles. The first kappa shape index (κ1) is 8.50. The molecule has 0 amide bonds. The van der Waals surface area contributed by atoms with Crippen LogP contribution in [0, 0.1) is 0 Å². The van der Waals surface area contributed by atoms with Crippen molar-refractivity contribution in [1.29, 1.82) is 0 Å². The monoisotopic (exact) mass is 189 g/mol. The summed E-state index contributed by atoms with van der Waals surface area (Å²) >= 11 is 0. The van der Waals surface area contributed by atoms with Crippen molar-refractivity contribution in [3.63, 3.8) is 0 Å². The lowest BCUT2D eigenvalue weighted by atomic mass is 10.2. The van der Waals surface area contributed by atoms with Gasteiger partial charge in [-0.15, -0.1) is 0 Å². The van der Waals surface area contributed by atoms with E-state index in [1.807, 2.05) is 0 Å². The number of aromatic carboxylic acids is 1. The molecule has 0 bridgehead atoms. The predicted octanol–water partition coefficient (Wildman–Crippen LogP) is 1.64. The van der Waals surface area contributed by atoms with E-state index in [2.05, 4.69) is 4.98 Å². The molecular formula is C10H7NO3. The summed E-state index contributed by atoms with van der Waals surface area (Å²) in [4.78, 5) is 14.5. The van der Waals surface area contributed by atoms with E-state index < -0.39 is 5.97 Å². The van der Waals surface area contributed by atoms with Crippen molar-refractivity contribution < 1.29 is 15.0 Å². The minimum Gasteiger partial charge on any atom is -0.505 e. The second-order valence-electron chi connectivity index (χ2n) is 2.85. The molecule has 0 aliphatic rings. The number of fused-ring (bicyclic) bond motifs is 1. The first-order valence-electron chi connectivity index (χ1n) is 4.00. The van der Waals surface area contributed by atoms with Crippen LogP contribution in [0.2, 0.25) is 0 Å². The molecule has 0 unspecified atom stereocenters. The molecule has 0 aliphatic heterocycles. The van der Waals surface area contributed by atoms with Crippen LogP contribution in [-0.2, 0) is 0 Å². The molecule has 0 fully saturated rings. The molecule has 2 aromatic rings. The van der Waals surface area contributed by atoms with Crippen LogP contribution in [0.25, 0.3) is 10.9 Å². The summed E-state index contributed by atoms with van der Waals surface area (Å²) in [6.07, 6.45) is 0. The molecule has 0 atom stereocenters. The van der Waals surface area contributed by atoms with Gasteiger partial charge in [0.25, 0.3) is 0 Å². The van der Waals surface area contributed by atoms with Crippen LogP contribution in [0.5, 0.6) is 5.75 Å². The smallest absolute Gasteiger partial charge is 0.358 e. The number of nitrogens with zero attached hydrogens (tertiary/aromatic N) is 1. The van der Waals surface area contributed by atoms with Crippen molar-refractivity contribution in [1.82, 2.24) is 4.98 Å². The molecule has 14 heavy (non-hydrogen) atoms. The normalized spacial score (nSPS) is 10.3. The third-order valence-electron chi connectivity index (χ3n) is 1.91. The van der Waals surface area contributed by atoms with Gasteiger partial charge in [0, 0.05) is 5.39 Å². The highest BCUT2D eigenvalue weighted by atomic mass is 16.4. The number of pyridine rings is 1. The number of carbonyl (C=O) groups is 1. The maximum absolute atomic E-state index is 10.6. The molecule has 1 aromatic heterocycles. The Bertz CT molecular complexity index is 508. The number of hydrogen-bond acceptors (Lipinski definition) is 3. The SMILES string of the molecule is O=C(O)c1nc2ccccc2cc1O. The van der Waals surface area contributed by atoms with Crippen LogP contribution >= 0.6 is 0 Å². The summed E-state index contributed by atoms with van der Waals surface area (Å²) in [7, 11) is 0. The van der Waals surface area contributed by atoms with Crippen molar-refractivity contribution in [2.75, 3.05) is 0 Å². The van der Waals surface area contributed by atoms with Gasteiger partial charge in [0.05, 0.1) is 5.52 Å². The highest BCUT2D eigenvalue weighted by molar-refractivity contribution is 5.93. The van der Waals surface area contributed by atoms with Gasteiger partial charge in [0.15, 0.2) is 5.69 Å². The second-order valence-corrected chi connectivity index (χ2v) is 2.85. The summed E-state index contributed by atoms with van der Waals surface area (Å²) < 4.78 is 0. The fourth-order valence-electron chi connectivity index (χ4n) is 1.26. The third-order valence-corrected chi connectivity index (χ3v) is 1.91. The molecular weight excluding hydrogens is 182 g/mol. The molecule has 4 nitrogen and oxygen atoms in total. The molecule has 0 saturated carbocycles. The maximum atomic E-state index is 10.6. The number of carboxylic acid groups (broad SMARTS) is 1. The number of benzene rings is 1. The minimum absolute atomic E-state index is 0.309. The highest BCUT2D eigenvalue weighted by Gasteiger charge is 2.11. The number of hydrogen-bond donors (Lipinski definition) is 2. The zero-order valence-corrected chi connectivity index (χ0v) is 7.14. The quantitative estimate of drug-likeness (QED) is 0.715. The Morgan fingerprint density at radius 2 is 2.00 bits per heavy atom. The standard InChI is InChI=1S/C10H7NO3/c12-8-5-6-3-1-2-4-7(6)11-9(8)10(13)14/h1-5,12H,(H,13,14). The van der Waals surface area contributed by atoms with E-state index in [4.69, 9.17) is 5.11 Å². The number of rotatable bonds is 1. The average Bonchev–Trinajstić information content (AvgIpc) is 2.16. The summed E-state index contributed by atoms with van der Waals surface area (Å²) in [5.74, 6) is -1.54. The number of para-hydroxylation sites is 1. The van der Waals surface area contributed by atoms with Crippen molar-refractivity contribution in [3.8, 4) is 5.75 Å². The molecule has 2 rings (SSSR count). The predicted molar refractivity (Wildman–Crippen MR) is 50.4 cm³/mol. The Kier molecular flexibility index (Phi) is 1.81. The van der Waals surface area contributed by atoms with Gasteiger partial charge in [-0.1, -0.05) is 18.2 Å². The molecule has 0 spiro atoms. The lowest BCUT2D eigenvalue weighted by Crippen LogP contribution is -2.00. The van der Waals surface area contributed by atoms with Crippen molar-refractivity contribution in [2.45, 2.75) is 0 Å². The van der Waals surface area contributed by atoms with E-state index in [1.165, 1.54) is 6.07 Å². The molecule has 70 valence electrons. The van der Waals surface area contributed by atoms with Crippen LogP contribution in [0.3, 0.4) is 0 Å². The molecule has 1 heterocycles. The van der Waals surface area contributed by atoms with Crippen molar-refractivity contribution in [3.05, 3.63) is 36.0 Å². The van der Waals surface area contributed by atoms with E-state index >= 15 is 0 Å². The highest BCUT2D eigenvalue weighted by Crippen LogP contribution is 2.21. The van der Waals surface area contributed by atoms with Gasteiger partial charge in [-0.2, -0.15) is 0 Å². The Morgan fingerprint density at radius 1 is 1.29 bits per heavy atom. The Morgan fingerprint density at radius 3 is 2.71 bits per heavy atom. The Balaban J connectivity index is 2.77. The molecule has 4 heteroatoms. The summed E-state index contributed by atoms with van der Waals surface area (Å²) in [5.41, 5.74) is 0.242. The van der Waals surface area contributed by atoms with Gasteiger partial charge in [-0.25, -0.2) is 9.78 Å². The largest absolute Gasteiger partial charge is 0.505 e. The van der Waals surface area contributed by atoms with Crippen molar-refractivity contribution in [2.24, 2.45) is 0 Å². The molecule has 1 aromatic carbocycles. The van der Waals surface area contributed by atoms with Crippen LogP contribution in [0.1, 0.15) is 10.5 Å². The topological polar surface area (TPSA) is 70.4 Å². The van der Waals surface area contributed by atoms with Gasteiger partial charge in [-0.05, 0) is 12.1 Å². The minimum atomic E-state index is -1.23. The first-order chi connectivity index (χ1) is 6.68. The van der Waals surface area contributed by atoms with Crippen molar-refractivity contribution >= 4 is 16.9 Å². The Hall–Kier alpha value is -2.10. The number of aromatic nitrogens is 1. The van der Waals surface area contributed by atoms with Gasteiger partial charge in [0.1, 0.15) is 5.75 Å². The third kappa shape index (κ3) is 1.26. The van der Waals surface area contributed by atoms with E-state index in [0.29, 0.717) is 5.52 Å². The molecule has 2 N–H and O–H groups in total. The Labute approximate surface area is 79.4 Å². The van der Waals surface area contributed by atoms with E-state index in [9.17, 15) is 9.90 Å². The van der Waals surface area contributed by atoms with Crippen LogP contribution in [0.4, 0.5) is 0 Å². The van der Waals surface area contributed by atoms with E-state index in [0.717, 1.165) is 5.39 Å². The average molecular weight is 189 g/mol. The van der Waals surface area contributed by atoms with E-state index in [-0.39, 0.29) is 11.4 Å². The fourth-order valence-corrected chi connectivity index (χ4v) is 1.26. The zero-order valence-electron chi connectivity index (χ0n) is 7.14. The number of carboxylic acids is 1. The maximum Gasteiger partial charge on any atom is 0.358 e.